The molecule has 0 aliphatic heterocycles. The molecule has 3 aromatic rings. The second-order valence-corrected chi connectivity index (χ2v) is 8.17. The fourth-order valence-electron chi connectivity index (χ4n) is 3.20. The Bertz CT molecular complexity index is 957. The summed E-state index contributed by atoms with van der Waals surface area (Å²) in [6.07, 6.45) is 3.37. The number of aliphatic carboxylic acids is 1. The van der Waals surface area contributed by atoms with Crippen LogP contribution in [0.1, 0.15) is 32.3 Å². The van der Waals surface area contributed by atoms with Crippen molar-refractivity contribution in [3.63, 3.8) is 0 Å². The molecule has 0 amide bonds. The Kier molecular flexibility index (Phi) is 5.18. The molecule has 6 heteroatoms. The number of carboxylic acids is 1. The average Bonchev–Trinajstić information content (AvgIpc) is 3.41. The van der Waals surface area contributed by atoms with E-state index in [4.69, 9.17) is 9.15 Å². The van der Waals surface area contributed by atoms with Crippen LogP contribution in [-0.4, -0.2) is 34.8 Å². The van der Waals surface area contributed by atoms with Gasteiger partial charge in [0, 0.05) is 13.1 Å². The van der Waals surface area contributed by atoms with Crippen molar-refractivity contribution in [2.45, 2.75) is 38.7 Å². The van der Waals surface area contributed by atoms with Crippen LogP contribution in [0.4, 0.5) is 6.01 Å². The second-order valence-electron chi connectivity index (χ2n) is 8.17. The lowest BCUT2D eigenvalue weighted by Gasteiger charge is -2.22. The molecule has 1 N–H and O–H groups in total. The lowest BCUT2D eigenvalue weighted by Crippen LogP contribution is -2.37. The van der Waals surface area contributed by atoms with Gasteiger partial charge in [-0.05, 0) is 68.9 Å². The first-order valence-electron chi connectivity index (χ1n) is 10.0. The van der Waals surface area contributed by atoms with Gasteiger partial charge in [-0.25, -0.2) is 4.79 Å². The summed E-state index contributed by atoms with van der Waals surface area (Å²) in [5, 5.41) is 9.19. The third kappa shape index (κ3) is 4.70. The Morgan fingerprint density at radius 1 is 1.21 bits per heavy atom. The van der Waals surface area contributed by atoms with Crippen molar-refractivity contribution in [2.24, 2.45) is 5.92 Å². The topological polar surface area (TPSA) is 75.8 Å². The Hall–Kier alpha value is -3.02. The van der Waals surface area contributed by atoms with Gasteiger partial charge in [0.05, 0.1) is 0 Å². The number of aromatic nitrogens is 1. The average molecular weight is 394 g/mol. The van der Waals surface area contributed by atoms with Gasteiger partial charge in [0.1, 0.15) is 11.3 Å². The molecule has 0 bridgehead atoms. The van der Waals surface area contributed by atoms with Crippen LogP contribution in [0.25, 0.3) is 11.1 Å². The molecule has 6 nitrogen and oxygen atoms in total. The van der Waals surface area contributed by atoms with Crippen LogP contribution in [0.5, 0.6) is 5.75 Å². The number of anilines is 1. The van der Waals surface area contributed by atoms with Crippen molar-refractivity contribution in [3.8, 4) is 5.75 Å². The van der Waals surface area contributed by atoms with E-state index >= 15 is 0 Å². The third-order valence-corrected chi connectivity index (χ3v) is 5.21. The van der Waals surface area contributed by atoms with Crippen molar-refractivity contribution in [3.05, 3.63) is 54.1 Å². The molecule has 2 aromatic carbocycles. The minimum absolute atomic E-state index is 0.551. The number of rotatable bonds is 9. The maximum Gasteiger partial charge on any atom is 0.347 e. The number of carboxylic acid groups (broad SMARTS) is 1. The summed E-state index contributed by atoms with van der Waals surface area (Å²) >= 11 is 0. The first kappa shape index (κ1) is 19.3. The Morgan fingerprint density at radius 2 is 1.93 bits per heavy atom. The molecule has 1 aliphatic rings. The van der Waals surface area contributed by atoms with Gasteiger partial charge in [-0.3, -0.25) is 0 Å². The number of fused-ring (bicyclic) bond motifs is 1. The maximum absolute atomic E-state index is 11.2. The molecule has 1 aromatic heterocycles. The molecule has 1 heterocycles. The second kappa shape index (κ2) is 7.78. The van der Waals surface area contributed by atoms with E-state index in [2.05, 4.69) is 9.88 Å². The standard InChI is InChI=1S/C23H26N2O4/c1-23(2,21(26)27)29-18-11-9-16(10-12-18)13-14-25(15-17-7-8-17)22-24-19-5-3-4-6-20(19)28-22/h3-6,9-12,17H,7-8,13-15H2,1-2H3,(H,26,27). The summed E-state index contributed by atoms with van der Waals surface area (Å²) < 4.78 is 11.6. The zero-order valence-electron chi connectivity index (χ0n) is 16.8. The quantitative estimate of drug-likeness (QED) is 0.575. The lowest BCUT2D eigenvalue weighted by atomic mass is 10.1. The van der Waals surface area contributed by atoms with Crippen molar-refractivity contribution >= 4 is 23.1 Å². The minimum Gasteiger partial charge on any atom is -0.478 e. The van der Waals surface area contributed by atoms with E-state index in [0.717, 1.165) is 42.1 Å². The van der Waals surface area contributed by atoms with Crippen molar-refractivity contribution < 1.29 is 19.1 Å². The highest BCUT2D eigenvalue weighted by Crippen LogP contribution is 2.32. The normalized spacial score (nSPS) is 14.1. The Morgan fingerprint density at radius 3 is 2.59 bits per heavy atom. The number of hydrogen-bond donors (Lipinski definition) is 1. The van der Waals surface area contributed by atoms with E-state index in [-0.39, 0.29) is 0 Å². The first-order chi connectivity index (χ1) is 13.9. The third-order valence-electron chi connectivity index (χ3n) is 5.21. The summed E-state index contributed by atoms with van der Waals surface area (Å²) in [7, 11) is 0. The van der Waals surface area contributed by atoms with E-state index in [1.807, 2.05) is 48.5 Å². The van der Waals surface area contributed by atoms with Crippen LogP contribution in [0.3, 0.4) is 0 Å². The van der Waals surface area contributed by atoms with E-state index < -0.39 is 11.6 Å². The summed E-state index contributed by atoms with van der Waals surface area (Å²) in [5.74, 6) is 0.282. The van der Waals surface area contributed by atoms with E-state index in [1.54, 1.807) is 13.8 Å². The highest BCUT2D eigenvalue weighted by atomic mass is 16.5. The smallest absolute Gasteiger partial charge is 0.347 e. The molecule has 0 radical (unpaired) electrons. The van der Waals surface area contributed by atoms with E-state index in [1.165, 1.54) is 12.8 Å². The molecule has 0 saturated heterocycles. The first-order valence-corrected chi connectivity index (χ1v) is 10.0. The van der Waals surface area contributed by atoms with Gasteiger partial charge in [-0.15, -0.1) is 0 Å². The van der Waals surface area contributed by atoms with Crippen LogP contribution >= 0.6 is 0 Å². The summed E-state index contributed by atoms with van der Waals surface area (Å²) in [6, 6.07) is 16.1. The maximum atomic E-state index is 11.2. The predicted molar refractivity (Wildman–Crippen MR) is 111 cm³/mol. The zero-order valence-corrected chi connectivity index (χ0v) is 16.8. The number of benzene rings is 2. The molecule has 29 heavy (non-hydrogen) atoms. The lowest BCUT2D eigenvalue weighted by molar-refractivity contribution is -0.152. The van der Waals surface area contributed by atoms with Gasteiger partial charge in [-0.2, -0.15) is 4.98 Å². The van der Waals surface area contributed by atoms with E-state index in [0.29, 0.717) is 11.8 Å². The van der Waals surface area contributed by atoms with Crippen LogP contribution in [-0.2, 0) is 11.2 Å². The number of oxazole rings is 1. The molecule has 1 fully saturated rings. The molecule has 1 aliphatic carbocycles. The monoisotopic (exact) mass is 394 g/mol. The van der Waals surface area contributed by atoms with Crippen LogP contribution < -0.4 is 9.64 Å². The fraction of sp³-hybridized carbons (Fsp3) is 0.391. The highest BCUT2D eigenvalue weighted by molar-refractivity contribution is 5.76. The number of hydrogen-bond acceptors (Lipinski definition) is 5. The van der Waals surface area contributed by atoms with Crippen LogP contribution in [0, 0.1) is 5.92 Å². The van der Waals surface area contributed by atoms with Crippen LogP contribution in [0.15, 0.2) is 52.9 Å². The van der Waals surface area contributed by atoms with Gasteiger partial charge < -0.3 is 19.2 Å². The molecular weight excluding hydrogens is 368 g/mol. The largest absolute Gasteiger partial charge is 0.478 e. The molecular formula is C23H26N2O4. The SMILES string of the molecule is CC(C)(Oc1ccc(CCN(CC2CC2)c2nc3ccccc3o2)cc1)C(=O)O. The number of nitrogens with zero attached hydrogens (tertiary/aromatic N) is 2. The molecule has 1 saturated carbocycles. The molecule has 0 atom stereocenters. The van der Waals surface area contributed by atoms with Gasteiger partial charge in [0.2, 0.25) is 0 Å². The number of para-hydroxylation sites is 2. The Balaban J connectivity index is 1.43. The Labute approximate surface area is 170 Å². The number of ether oxygens (including phenoxy) is 1. The number of carbonyl (C=O) groups is 1. The van der Waals surface area contributed by atoms with Crippen molar-refractivity contribution in [2.75, 3.05) is 18.0 Å². The van der Waals surface area contributed by atoms with Gasteiger partial charge in [-0.1, -0.05) is 24.3 Å². The van der Waals surface area contributed by atoms with Crippen molar-refractivity contribution in [1.29, 1.82) is 0 Å². The predicted octanol–water partition coefficient (Wildman–Crippen LogP) is 4.53. The molecule has 4 rings (SSSR count). The molecule has 0 spiro atoms. The highest BCUT2D eigenvalue weighted by Gasteiger charge is 2.29. The summed E-state index contributed by atoms with van der Waals surface area (Å²) in [5.41, 5.74) is 1.59. The van der Waals surface area contributed by atoms with Crippen LogP contribution in [0.2, 0.25) is 0 Å². The zero-order chi connectivity index (χ0) is 20.4. The van der Waals surface area contributed by atoms with Gasteiger partial charge in [0.25, 0.3) is 6.01 Å². The summed E-state index contributed by atoms with van der Waals surface area (Å²) in [6.45, 7) is 4.85. The fourth-order valence-corrected chi connectivity index (χ4v) is 3.20. The van der Waals surface area contributed by atoms with Gasteiger partial charge >= 0.3 is 5.97 Å². The molecule has 152 valence electrons. The van der Waals surface area contributed by atoms with E-state index in [9.17, 15) is 9.90 Å². The summed E-state index contributed by atoms with van der Waals surface area (Å²) in [4.78, 5) is 18.1. The van der Waals surface area contributed by atoms with Crippen molar-refractivity contribution in [1.82, 2.24) is 4.98 Å². The van der Waals surface area contributed by atoms with Gasteiger partial charge in [0.15, 0.2) is 11.2 Å². The molecule has 0 unspecified atom stereocenters. The minimum atomic E-state index is -1.25.